The van der Waals surface area contributed by atoms with E-state index in [0.717, 1.165) is 65.9 Å². The van der Waals surface area contributed by atoms with Gasteiger partial charge < -0.3 is 25.7 Å². The Hall–Kier alpha value is -4.01. The van der Waals surface area contributed by atoms with Crippen molar-refractivity contribution in [3.63, 3.8) is 0 Å². The maximum atomic E-state index is 13.5. The lowest BCUT2D eigenvalue weighted by Crippen LogP contribution is -2.42. The van der Waals surface area contributed by atoms with Crippen molar-refractivity contribution in [1.29, 1.82) is 0 Å². The lowest BCUT2D eigenvalue weighted by Gasteiger charge is -2.33. The number of fused-ring (bicyclic) bond motifs is 1. The maximum Gasteiger partial charge on any atom is 0.248 e. The molecule has 1 aliphatic heterocycles. The molecule has 1 fully saturated rings. The second-order valence-electron chi connectivity index (χ2n) is 10.9. The fraction of sp³-hybridized carbons (Fsp3) is 0.364. The quantitative estimate of drug-likeness (QED) is 0.265. The van der Waals surface area contributed by atoms with Crippen molar-refractivity contribution in [2.24, 2.45) is 11.5 Å². The molecule has 5 rings (SSSR count). The largest absolute Gasteiger partial charge is 0.385 e. The third kappa shape index (κ3) is 6.66. The first-order chi connectivity index (χ1) is 19.9. The number of methoxy groups -OCH3 is 1. The zero-order valence-corrected chi connectivity index (χ0v) is 23.7. The highest BCUT2D eigenvalue weighted by molar-refractivity contribution is 5.93. The van der Waals surface area contributed by atoms with Gasteiger partial charge >= 0.3 is 0 Å². The molecule has 0 aliphatic carbocycles. The van der Waals surface area contributed by atoms with Crippen molar-refractivity contribution in [3.05, 3.63) is 89.7 Å². The smallest absolute Gasteiger partial charge is 0.248 e. The van der Waals surface area contributed by atoms with E-state index < -0.39 is 11.9 Å². The summed E-state index contributed by atoms with van der Waals surface area (Å²) in [4.78, 5) is 32.3. The van der Waals surface area contributed by atoms with E-state index >= 15 is 0 Å². The summed E-state index contributed by atoms with van der Waals surface area (Å²) in [6.07, 6.45) is 3.50. The van der Waals surface area contributed by atoms with Gasteiger partial charge in [0, 0.05) is 57.3 Å². The van der Waals surface area contributed by atoms with Crippen LogP contribution in [-0.2, 0) is 22.5 Å². The van der Waals surface area contributed by atoms with Gasteiger partial charge in [0.05, 0.1) is 11.0 Å². The van der Waals surface area contributed by atoms with Crippen LogP contribution < -0.4 is 11.5 Å². The highest BCUT2D eigenvalue weighted by atomic mass is 16.5. The van der Waals surface area contributed by atoms with Crippen LogP contribution in [0.5, 0.6) is 0 Å². The molecule has 214 valence electrons. The molecule has 0 unspecified atom stereocenters. The van der Waals surface area contributed by atoms with E-state index in [1.54, 1.807) is 19.2 Å². The highest BCUT2D eigenvalue weighted by Gasteiger charge is 2.29. The van der Waals surface area contributed by atoms with Gasteiger partial charge in [-0.15, -0.1) is 0 Å². The van der Waals surface area contributed by atoms with Crippen molar-refractivity contribution < 1.29 is 14.3 Å². The number of carbonyl (C=O) groups is 2. The van der Waals surface area contributed by atoms with Crippen LogP contribution in [0.25, 0.3) is 22.2 Å². The average molecular weight is 554 g/mol. The summed E-state index contributed by atoms with van der Waals surface area (Å²) < 4.78 is 7.60. The summed E-state index contributed by atoms with van der Waals surface area (Å²) in [5.74, 6) is 0.773. The van der Waals surface area contributed by atoms with Crippen molar-refractivity contribution in [2.45, 2.75) is 50.6 Å². The van der Waals surface area contributed by atoms with E-state index in [-0.39, 0.29) is 18.2 Å². The molecule has 1 aromatic heterocycles. The SMILES string of the molecule is COCCCn1c([C@@H]2CCCN(C(=O)C[C@@H](N)Cc3cc(C(N)=O)ccc3-c3ccccc3)C2)nc2ccccc21. The zero-order chi connectivity index (χ0) is 28.8. The normalized spacial score (nSPS) is 16.1. The summed E-state index contributed by atoms with van der Waals surface area (Å²) in [7, 11) is 1.72. The number of carbonyl (C=O) groups excluding carboxylic acids is 2. The summed E-state index contributed by atoms with van der Waals surface area (Å²) in [6, 6.07) is 23.2. The molecule has 41 heavy (non-hydrogen) atoms. The van der Waals surface area contributed by atoms with E-state index in [1.165, 1.54) is 0 Å². The van der Waals surface area contributed by atoms with Crippen LogP contribution in [-0.4, -0.2) is 59.1 Å². The minimum absolute atomic E-state index is 0.0524. The average Bonchev–Trinajstić information content (AvgIpc) is 3.36. The summed E-state index contributed by atoms with van der Waals surface area (Å²) >= 11 is 0. The Kier molecular flexibility index (Phi) is 9.11. The number of amides is 2. The monoisotopic (exact) mass is 553 g/mol. The molecular weight excluding hydrogens is 514 g/mol. The Morgan fingerprint density at radius 1 is 1.07 bits per heavy atom. The number of primary amides is 1. The zero-order valence-electron chi connectivity index (χ0n) is 23.7. The third-order valence-electron chi connectivity index (χ3n) is 7.95. The van der Waals surface area contributed by atoms with Crippen LogP contribution in [0.2, 0.25) is 0 Å². The Morgan fingerprint density at radius 3 is 2.63 bits per heavy atom. The number of ether oxygens (including phenoxy) is 1. The van der Waals surface area contributed by atoms with Gasteiger partial charge in [0.1, 0.15) is 5.82 Å². The number of aryl methyl sites for hydroxylation is 1. The van der Waals surface area contributed by atoms with E-state index in [9.17, 15) is 9.59 Å². The predicted octanol–water partition coefficient (Wildman–Crippen LogP) is 4.50. The molecule has 2 atom stereocenters. The van der Waals surface area contributed by atoms with Crippen molar-refractivity contribution in [2.75, 3.05) is 26.8 Å². The molecule has 8 heteroatoms. The molecule has 0 saturated carbocycles. The molecule has 1 aliphatic rings. The van der Waals surface area contributed by atoms with Gasteiger partial charge in [0.25, 0.3) is 0 Å². The number of para-hydroxylation sites is 2. The standard InChI is InChI=1S/C33H39N5O3/c1-41-18-8-17-38-30-13-6-5-12-29(30)36-33(38)25-11-7-16-37(22-25)31(39)21-27(34)20-26-19-24(32(35)40)14-15-28(26)23-9-3-2-4-10-23/h2-6,9-10,12-15,19,25,27H,7-8,11,16-18,20-22,34H2,1H3,(H2,35,40)/t25-,27+/m1/s1. The van der Waals surface area contributed by atoms with E-state index in [0.29, 0.717) is 25.1 Å². The highest BCUT2D eigenvalue weighted by Crippen LogP contribution is 2.31. The Balaban J connectivity index is 1.30. The van der Waals surface area contributed by atoms with Gasteiger partial charge in [0.15, 0.2) is 0 Å². The number of nitrogens with two attached hydrogens (primary N) is 2. The number of benzene rings is 3. The number of imidazole rings is 1. The number of rotatable bonds is 11. The van der Waals surface area contributed by atoms with Gasteiger partial charge in [-0.05, 0) is 66.6 Å². The number of nitrogens with zero attached hydrogens (tertiary/aromatic N) is 3. The van der Waals surface area contributed by atoms with Gasteiger partial charge in [-0.25, -0.2) is 4.98 Å². The number of aromatic nitrogens is 2. The fourth-order valence-electron chi connectivity index (χ4n) is 5.95. The first-order valence-electron chi connectivity index (χ1n) is 14.4. The summed E-state index contributed by atoms with van der Waals surface area (Å²) in [5.41, 5.74) is 17.6. The van der Waals surface area contributed by atoms with Crippen molar-refractivity contribution in [3.8, 4) is 11.1 Å². The fourth-order valence-corrected chi connectivity index (χ4v) is 5.95. The molecule has 0 radical (unpaired) electrons. The molecule has 8 nitrogen and oxygen atoms in total. The lowest BCUT2D eigenvalue weighted by molar-refractivity contribution is -0.132. The van der Waals surface area contributed by atoms with Crippen LogP contribution >= 0.6 is 0 Å². The van der Waals surface area contributed by atoms with Gasteiger partial charge in [-0.3, -0.25) is 9.59 Å². The third-order valence-corrected chi connectivity index (χ3v) is 7.95. The second-order valence-corrected chi connectivity index (χ2v) is 10.9. The minimum atomic E-state index is -0.483. The van der Waals surface area contributed by atoms with Crippen LogP contribution in [0, 0.1) is 0 Å². The molecule has 0 bridgehead atoms. The first kappa shape index (κ1) is 28.5. The van der Waals surface area contributed by atoms with Crippen LogP contribution in [0.3, 0.4) is 0 Å². The topological polar surface area (TPSA) is 116 Å². The molecule has 4 aromatic rings. The summed E-state index contributed by atoms with van der Waals surface area (Å²) in [6.45, 7) is 2.87. The van der Waals surface area contributed by atoms with Crippen LogP contribution in [0.1, 0.15) is 53.3 Å². The minimum Gasteiger partial charge on any atom is -0.385 e. The molecule has 2 heterocycles. The lowest BCUT2D eigenvalue weighted by atomic mass is 9.92. The predicted molar refractivity (Wildman–Crippen MR) is 161 cm³/mol. The molecule has 3 aromatic carbocycles. The first-order valence-corrected chi connectivity index (χ1v) is 14.4. The van der Waals surface area contributed by atoms with Gasteiger partial charge in [-0.2, -0.15) is 0 Å². The number of hydrogen-bond donors (Lipinski definition) is 2. The second kappa shape index (κ2) is 13.1. The van der Waals surface area contributed by atoms with Crippen LogP contribution in [0.4, 0.5) is 0 Å². The van der Waals surface area contributed by atoms with E-state index in [2.05, 4.69) is 10.6 Å². The van der Waals surface area contributed by atoms with Crippen molar-refractivity contribution >= 4 is 22.8 Å². The molecule has 0 spiro atoms. The number of hydrogen-bond acceptors (Lipinski definition) is 5. The molecule has 4 N–H and O–H groups in total. The maximum absolute atomic E-state index is 13.5. The molecule has 2 amide bonds. The van der Waals surface area contributed by atoms with Crippen LogP contribution in [0.15, 0.2) is 72.8 Å². The number of piperidine rings is 1. The number of likely N-dealkylation sites (tertiary alicyclic amines) is 1. The summed E-state index contributed by atoms with van der Waals surface area (Å²) in [5, 5.41) is 0. The van der Waals surface area contributed by atoms with Gasteiger partial charge in [0.2, 0.25) is 11.8 Å². The molecule has 1 saturated heterocycles. The molecular formula is C33H39N5O3. The Bertz CT molecular complexity index is 1500. The van der Waals surface area contributed by atoms with Gasteiger partial charge in [-0.1, -0.05) is 48.5 Å². The van der Waals surface area contributed by atoms with E-state index in [4.69, 9.17) is 21.2 Å². The van der Waals surface area contributed by atoms with E-state index in [1.807, 2.05) is 59.5 Å². The Labute approximate surface area is 241 Å². The Morgan fingerprint density at radius 2 is 1.85 bits per heavy atom. The van der Waals surface area contributed by atoms with Crippen molar-refractivity contribution in [1.82, 2.24) is 14.5 Å².